The fourth-order valence-corrected chi connectivity index (χ4v) is 5.10. The molecule has 1 unspecified atom stereocenters. The molecule has 1 saturated heterocycles. The van der Waals surface area contributed by atoms with Gasteiger partial charge >= 0.3 is 0 Å². The predicted molar refractivity (Wildman–Crippen MR) is 143 cm³/mol. The second kappa shape index (κ2) is 11.4. The summed E-state index contributed by atoms with van der Waals surface area (Å²) in [5.74, 6) is 0.932. The number of hydrogen-bond acceptors (Lipinski definition) is 4. The van der Waals surface area contributed by atoms with E-state index in [1.807, 2.05) is 49.1 Å². The number of methoxy groups -OCH3 is 1. The molecule has 1 aliphatic heterocycles. The Morgan fingerprint density at radius 1 is 0.971 bits per heavy atom. The number of ether oxygens (including phenoxy) is 1. The quantitative estimate of drug-likeness (QED) is 0.408. The molecular weight excluding hydrogens is 434 g/mol. The van der Waals surface area contributed by atoms with Crippen molar-refractivity contribution in [2.24, 2.45) is 0 Å². The van der Waals surface area contributed by atoms with Crippen LogP contribution in [-0.2, 0) is 12.2 Å². The lowest BCUT2D eigenvalue weighted by atomic mass is 9.86. The number of carbonyl (C=O) groups is 1. The summed E-state index contributed by atoms with van der Waals surface area (Å²) in [4.78, 5) is 17.2. The van der Waals surface area contributed by atoms with Crippen LogP contribution in [0.15, 0.2) is 78.9 Å². The summed E-state index contributed by atoms with van der Waals surface area (Å²) < 4.78 is 5.59. The number of nitrogens with zero attached hydrogens (tertiary/aromatic N) is 2. The van der Waals surface area contributed by atoms with Crippen molar-refractivity contribution in [3.8, 4) is 5.75 Å². The Hall–Kier alpha value is -3.31. The minimum absolute atomic E-state index is 0.0763. The summed E-state index contributed by atoms with van der Waals surface area (Å²) in [6.45, 7) is 7.30. The molecule has 1 amide bonds. The van der Waals surface area contributed by atoms with Crippen LogP contribution in [0.2, 0.25) is 0 Å². The first-order valence-electron chi connectivity index (χ1n) is 12.7. The summed E-state index contributed by atoms with van der Waals surface area (Å²) in [5.41, 5.74) is 3.83. The van der Waals surface area contributed by atoms with E-state index in [1.54, 1.807) is 7.11 Å². The van der Waals surface area contributed by atoms with Crippen LogP contribution in [0, 0.1) is 0 Å². The fraction of sp³-hybridized carbons (Fsp3) is 0.367. The SMILES string of the molecule is CCN(CC)C(=O)c1ccc(NC2(c3cccc(OC)c3)CCCCN2Cc2ccccc2)cc1. The maximum Gasteiger partial charge on any atom is 0.253 e. The minimum atomic E-state index is -0.382. The van der Waals surface area contributed by atoms with E-state index in [2.05, 4.69) is 58.7 Å². The Morgan fingerprint density at radius 3 is 2.40 bits per heavy atom. The van der Waals surface area contributed by atoms with Crippen molar-refractivity contribution in [2.75, 3.05) is 32.1 Å². The summed E-state index contributed by atoms with van der Waals surface area (Å²) in [6, 6.07) is 27.0. The molecule has 35 heavy (non-hydrogen) atoms. The van der Waals surface area contributed by atoms with Crippen LogP contribution in [0.25, 0.3) is 0 Å². The number of rotatable bonds is 9. The van der Waals surface area contributed by atoms with E-state index in [4.69, 9.17) is 4.74 Å². The van der Waals surface area contributed by atoms with E-state index in [0.29, 0.717) is 13.1 Å². The highest BCUT2D eigenvalue weighted by molar-refractivity contribution is 5.94. The van der Waals surface area contributed by atoms with Gasteiger partial charge in [-0.2, -0.15) is 0 Å². The molecule has 0 aliphatic carbocycles. The van der Waals surface area contributed by atoms with Crippen molar-refractivity contribution in [2.45, 2.75) is 45.3 Å². The van der Waals surface area contributed by atoms with E-state index < -0.39 is 0 Å². The number of hydrogen-bond donors (Lipinski definition) is 1. The van der Waals surface area contributed by atoms with Crippen LogP contribution in [-0.4, -0.2) is 42.5 Å². The standard InChI is InChI=1S/C30H37N3O2/c1-4-32(5-2)29(34)25-16-18-27(19-17-25)31-30(26-14-11-15-28(22-26)35-3)20-9-10-21-33(30)23-24-12-7-6-8-13-24/h6-8,11-19,22,31H,4-5,9-10,20-21,23H2,1-3H3. The Labute approximate surface area is 209 Å². The number of carbonyl (C=O) groups excluding carboxylic acids is 1. The molecule has 4 rings (SSSR count). The van der Waals surface area contributed by atoms with Gasteiger partial charge in [-0.05, 0) is 80.6 Å². The number of nitrogens with one attached hydrogen (secondary N) is 1. The van der Waals surface area contributed by atoms with E-state index in [1.165, 1.54) is 11.1 Å². The molecule has 3 aromatic carbocycles. The lowest BCUT2D eigenvalue weighted by Crippen LogP contribution is -2.54. The zero-order chi connectivity index (χ0) is 24.7. The highest BCUT2D eigenvalue weighted by atomic mass is 16.5. The van der Waals surface area contributed by atoms with Gasteiger partial charge in [-0.25, -0.2) is 0 Å². The second-order valence-electron chi connectivity index (χ2n) is 9.14. The van der Waals surface area contributed by atoms with Crippen LogP contribution in [0.3, 0.4) is 0 Å². The Balaban J connectivity index is 1.70. The van der Waals surface area contributed by atoms with Crippen LogP contribution in [0.4, 0.5) is 5.69 Å². The minimum Gasteiger partial charge on any atom is -0.497 e. The van der Waals surface area contributed by atoms with E-state index in [9.17, 15) is 4.79 Å². The molecule has 5 nitrogen and oxygen atoms in total. The maximum atomic E-state index is 12.8. The average Bonchev–Trinajstić information content (AvgIpc) is 2.91. The smallest absolute Gasteiger partial charge is 0.253 e. The van der Waals surface area contributed by atoms with Gasteiger partial charge in [0.1, 0.15) is 11.4 Å². The van der Waals surface area contributed by atoms with Crippen molar-refractivity contribution in [3.05, 3.63) is 95.6 Å². The highest BCUT2D eigenvalue weighted by Crippen LogP contribution is 2.40. The van der Waals surface area contributed by atoms with Crippen LogP contribution in [0.1, 0.15) is 54.6 Å². The Bertz CT molecular complexity index is 1100. The van der Waals surface area contributed by atoms with Crippen molar-refractivity contribution in [3.63, 3.8) is 0 Å². The van der Waals surface area contributed by atoms with Crippen LogP contribution >= 0.6 is 0 Å². The van der Waals surface area contributed by atoms with Gasteiger partial charge in [0.2, 0.25) is 0 Å². The fourth-order valence-electron chi connectivity index (χ4n) is 5.10. The van der Waals surface area contributed by atoms with Crippen molar-refractivity contribution >= 4 is 11.6 Å². The van der Waals surface area contributed by atoms with Gasteiger partial charge in [-0.3, -0.25) is 9.69 Å². The predicted octanol–water partition coefficient (Wildman–Crippen LogP) is 6.13. The van der Waals surface area contributed by atoms with Gasteiger partial charge < -0.3 is 15.0 Å². The molecule has 0 aromatic heterocycles. The van der Waals surface area contributed by atoms with Crippen LogP contribution < -0.4 is 10.1 Å². The lowest BCUT2D eigenvalue weighted by molar-refractivity contribution is 0.0588. The zero-order valence-corrected chi connectivity index (χ0v) is 21.2. The molecule has 1 N–H and O–H groups in total. The van der Waals surface area contributed by atoms with Gasteiger partial charge in [-0.15, -0.1) is 0 Å². The van der Waals surface area contributed by atoms with Gasteiger partial charge in [0.25, 0.3) is 5.91 Å². The van der Waals surface area contributed by atoms with E-state index in [0.717, 1.165) is 49.4 Å². The van der Waals surface area contributed by atoms with E-state index in [-0.39, 0.29) is 11.6 Å². The molecule has 0 saturated carbocycles. The molecule has 3 aromatic rings. The first kappa shape index (κ1) is 24.8. The molecule has 0 bridgehead atoms. The number of benzene rings is 3. The molecule has 5 heteroatoms. The number of anilines is 1. The number of likely N-dealkylation sites (tertiary alicyclic amines) is 1. The molecule has 184 valence electrons. The average molecular weight is 472 g/mol. The van der Waals surface area contributed by atoms with Gasteiger partial charge in [0.05, 0.1) is 7.11 Å². The largest absolute Gasteiger partial charge is 0.497 e. The van der Waals surface area contributed by atoms with Crippen molar-refractivity contribution < 1.29 is 9.53 Å². The van der Waals surface area contributed by atoms with Crippen molar-refractivity contribution in [1.82, 2.24) is 9.80 Å². The maximum absolute atomic E-state index is 12.8. The highest BCUT2D eigenvalue weighted by Gasteiger charge is 2.40. The van der Waals surface area contributed by atoms with Gasteiger partial charge in [0.15, 0.2) is 0 Å². The molecule has 1 atom stereocenters. The summed E-state index contributed by atoms with van der Waals surface area (Å²) in [6.07, 6.45) is 3.28. The third kappa shape index (κ3) is 5.51. The molecule has 0 spiro atoms. The van der Waals surface area contributed by atoms with Crippen LogP contribution in [0.5, 0.6) is 5.75 Å². The monoisotopic (exact) mass is 471 g/mol. The zero-order valence-electron chi connectivity index (χ0n) is 21.2. The first-order chi connectivity index (χ1) is 17.1. The second-order valence-corrected chi connectivity index (χ2v) is 9.14. The lowest BCUT2D eigenvalue weighted by Gasteiger charge is -2.49. The normalized spacial score (nSPS) is 18.1. The third-order valence-electron chi connectivity index (χ3n) is 7.05. The summed E-state index contributed by atoms with van der Waals surface area (Å²) in [7, 11) is 1.72. The Kier molecular flexibility index (Phi) is 8.09. The van der Waals surface area contributed by atoms with Crippen molar-refractivity contribution in [1.29, 1.82) is 0 Å². The van der Waals surface area contributed by atoms with E-state index >= 15 is 0 Å². The molecule has 1 heterocycles. The number of amides is 1. The summed E-state index contributed by atoms with van der Waals surface area (Å²) >= 11 is 0. The van der Waals surface area contributed by atoms with Gasteiger partial charge in [-0.1, -0.05) is 42.5 Å². The third-order valence-corrected chi connectivity index (χ3v) is 7.05. The summed E-state index contributed by atoms with van der Waals surface area (Å²) in [5, 5.41) is 3.90. The van der Waals surface area contributed by atoms with Gasteiger partial charge in [0, 0.05) is 37.4 Å². The first-order valence-corrected chi connectivity index (χ1v) is 12.7. The molecule has 1 aliphatic rings. The number of piperidine rings is 1. The molecule has 0 radical (unpaired) electrons. The molecular formula is C30H37N3O2. The topological polar surface area (TPSA) is 44.8 Å². The Morgan fingerprint density at radius 2 is 1.71 bits per heavy atom. The molecule has 1 fully saturated rings.